The van der Waals surface area contributed by atoms with Gasteiger partial charge >= 0.3 is 0 Å². The average Bonchev–Trinajstić information content (AvgIpc) is 3.05. The van der Waals surface area contributed by atoms with Crippen molar-refractivity contribution >= 4 is 35.0 Å². The number of nitrogens with one attached hydrogen (secondary N) is 1. The first-order chi connectivity index (χ1) is 15.1. The lowest BCUT2D eigenvalue weighted by Crippen LogP contribution is -2.49. The minimum absolute atomic E-state index is 0.124. The summed E-state index contributed by atoms with van der Waals surface area (Å²) in [6, 6.07) is 10.0. The fourth-order valence-corrected chi connectivity index (χ4v) is 4.52. The van der Waals surface area contributed by atoms with Crippen LogP contribution < -0.4 is 10.2 Å². The molecule has 172 valence electrons. The zero-order chi connectivity index (χ0) is 23.5. The Morgan fingerprint density at radius 2 is 1.88 bits per heavy atom. The number of rotatable bonds is 8. The fourth-order valence-electron chi connectivity index (χ4n) is 4.01. The van der Waals surface area contributed by atoms with Crippen molar-refractivity contribution in [2.75, 3.05) is 6.54 Å². The van der Waals surface area contributed by atoms with Gasteiger partial charge in [0, 0.05) is 6.54 Å². The van der Waals surface area contributed by atoms with E-state index < -0.39 is 17.4 Å². The molecule has 3 rings (SSSR count). The Hall–Kier alpha value is -2.35. The van der Waals surface area contributed by atoms with Gasteiger partial charge in [-0.3, -0.25) is 14.8 Å². The summed E-state index contributed by atoms with van der Waals surface area (Å²) in [4.78, 5) is 31.0. The average molecular weight is 480 g/mol. The highest BCUT2D eigenvalue weighted by atomic mass is 35.5. The Bertz CT molecular complexity index is 963. The molecule has 7 nitrogen and oxygen atoms in total. The number of hydrogen-bond acceptors (Lipinski definition) is 5. The third-order valence-electron chi connectivity index (χ3n) is 5.79. The van der Waals surface area contributed by atoms with E-state index in [-0.39, 0.29) is 18.4 Å². The number of pyridine rings is 1. The van der Waals surface area contributed by atoms with Crippen LogP contribution in [0.1, 0.15) is 44.7 Å². The van der Waals surface area contributed by atoms with Gasteiger partial charge in [0.1, 0.15) is 28.7 Å². The van der Waals surface area contributed by atoms with Crippen LogP contribution in [-0.2, 0) is 21.6 Å². The molecule has 0 spiro atoms. The highest BCUT2D eigenvalue weighted by Crippen LogP contribution is 2.38. The second-order valence-electron chi connectivity index (χ2n) is 8.64. The van der Waals surface area contributed by atoms with Gasteiger partial charge in [0.05, 0.1) is 5.41 Å². The minimum Gasteiger partial charge on any atom is -0.489 e. The van der Waals surface area contributed by atoms with Crippen LogP contribution in [0, 0.1) is 5.92 Å². The van der Waals surface area contributed by atoms with Crippen LogP contribution in [0.25, 0.3) is 0 Å². The van der Waals surface area contributed by atoms with Crippen LogP contribution in [-0.4, -0.2) is 39.5 Å². The Morgan fingerprint density at radius 1 is 1.25 bits per heavy atom. The van der Waals surface area contributed by atoms with Gasteiger partial charge in [0.2, 0.25) is 5.91 Å². The third kappa shape index (κ3) is 5.34. The number of hydroxylamine groups is 1. The highest BCUT2D eigenvalue weighted by molar-refractivity contribution is 6.32. The number of nitrogens with zero attached hydrogens (tertiary/aromatic N) is 2. The van der Waals surface area contributed by atoms with Crippen molar-refractivity contribution in [3.8, 4) is 5.75 Å². The quantitative estimate of drug-likeness (QED) is 0.333. The zero-order valence-electron chi connectivity index (χ0n) is 18.3. The lowest BCUT2D eigenvalue weighted by atomic mass is 9.81. The number of carbonyl (C=O) groups excluding carboxylic acids is 2. The topological polar surface area (TPSA) is 91.8 Å². The van der Waals surface area contributed by atoms with Crippen LogP contribution in [0.4, 0.5) is 0 Å². The first-order valence-electron chi connectivity index (χ1n) is 10.4. The maximum absolute atomic E-state index is 13.3. The molecule has 1 aromatic carbocycles. The number of likely N-dealkylation sites (tertiary alicyclic amines) is 1. The number of ether oxygens (including phenoxy) is 1. The summed E-state index contributed by atoms with van der Waals surface area (Å²) in [5.41, 5.74) is 2.60. The zero-order valence-corrected chi connectivity index (χ0v) is 19.8. The molecule has 2 aromatic rings. The fraction of sp³-hybridized carbons (Fsp3) is 0.435. The predicted molar refractivity (Wildman–Crippen MR) is 122 cm³/mol. The number of hydrogen-bond donors (Lipinski definition) is 2. The summed E-state index contributed by atoms with van der Waals surface area (Å²) >= 11 is 11.8. The van der Waals surface area contributed by atoms with E-state index in [2.05, 4.69) is 4.98 Å². The molecule has 2 N–H and O–H groups in total. The van der Waals surface area contributed by atoms with E-state index in [9.17, 15) is 9.59 Å². The molecule has 1 aromatic heterocycles. The Balaban J connectivity index is 1.72. The van der Waals surface area contributed by atoms with Gasteiger partial charge in [0.25, 0.3) is 5.91 Å². The van der Waals surface area contributed by atoms with Crippen molar-refractivity contribution in [3.63, 3.8) is 0 Å². The number of amides is 2. The van der Waals surface area contributed by atoms with E-state index in [1.54, 1.807) is 22.5 Å². The van der Waals surface area contributed by atoms with E-state index in [1.807, 2.05) is 45.0 Å². The van der Waals surface area contributed by atoms with E-state index in [4.69, 9.17) is 33.1 Å². The molecule has 2 unspecified atom stereocenters. The molecule has 1 fully saturated rings. The van der Waals surface area contributed by atoms with Crippen molar-refractivity contribution in [2.45, 2.75) is 51.7 Å². The summed E-state index contributed by atoms with van der Waals surface area (Å²) in [7, 11) is 0. The molecule has 0 radical (unpaired) electrons. The summed E-state index contributed by atoms with van der Waals surface area (Å²) in [6.07, 6.45) is 1.05. The molecule has 2 amide bonds. The SMILES string of the molecule is CC(C)CC(C(=O)NO)N1CCC(C)(c2ccc(OCc3cc(Cl)nc(Cl)c3)cc2)C1=O. The van der Waals surface area contributed by atoms with E-state index in [0.29, 0.717) is 35.4 Å². The molecule has 0 aliphatic carbocycles. The van der Waals surface area contributed by atoms with Crippen molar-refractivity contribution < 1.29 is 19.5 Å². The summed E-state index contributed by atoms with van der Waals surface area (Å²) in [6.45, 7) is 6.56. The lowest BCUT2D eigenvalue weighted by Gasteiger charge is -2.30. The largest absolute Gasteiger partial charge is 0.489 e. The van der Waals surface area contributed by atoms with Gasteiger partial charge in [-0.1, -0.05) is 49.2 Å². The van der Waals surface area contributed by atoms with E-state index in [0.717, 1.165) is 11.1 Å². The second-order valence-corrected chi connectivity index (χ2v) is 9.41. The van der Waals surface area contributed by atoms with Gasteiger partial charge in [-0.15, -0.1) is 0 Å². The molecule has 9 heteroatoms. The maximum atomic E-state index is 13.3. The Labute approximate surface area is 197 Å². The van der Waals surface area contributed by atoms with Gasteiger partial charge < -0.3 is 9.64 Å². The molecular formula is C23H27Cl2N3O4. The van der Waals surface area contributed by atoms with E-state index >= 15 is 0 Å². The summed E-state index contributed by atoms with van der Waals surface area (Å²) in [5.74, 6) is 0.150. The second kappa shape index (κ2) is 10.1. The number of benzene rings is 1. The monoisotopic (exact) mass is 479 g/mol. The molecule has 1 aliphatic heterocycles. The Morgan fingerprint density at radius 3 is 2.44 bits per heavy atom. The van der Waals surface area contributed by atoms with E-state index in [1.165, 1.54) is 0 Å². The van der Waals surface area contributed by atoms with Crippen LogP contribution in [0.2, 0.25) is 10.3 Å². The van der Waals surface area contributed by atoms with Crippen LogP contribution in [0.15, 0.2) is 36.4 Å². The lowest BCUT2D eigenvalue weighted by molar-refractivity contribution is -0.144. The van der Waals surface area contributed by atoms with Crippen molar-refractivity contribution in [1.82, 2.24) is 15.4 Å². The van der Waals surface area contributed by atoms with Crippen LogP contribution in [0.3, 0.4) is 0 Å². The molecule has 2 heterocycles. The van der Waals surface area contributed by atoms with Gasteiger partial charge in [-0.25, -0.2) is 10.5 Å². The predicted octanol–water partition coefficient (Wildman–Crippen LogP) is 4.38. The molecule has 1 aliphatic rings. The van der Waals surface area contributed by atoms with Crippen molar-refractivity contribution in [3.05, 3.63) is 57.8 Å². The maximum Gasteiger partial charge on any atom is 0.266 e. The molecular weight excluding hydrogens is 453 g/mol. The molecule has 1 saturated heterocycles. The van der Waals surface area contributed by atoms with Crippen LogP contribution in [0.5, 0.6) is 5.75 Å². The van der Waals surface area contributed by atoms with Gasteiger partial charge in [-0.05, 0) is 61.1 Å². The third-order valence-corrected chi connectivity index (χ3v) is 6.18. The summed E-state index contributed by atoms with van der Waals surface area (Å²) < 4.78 is 5.81. The molecule has 32 heavy (non-hydrogen) atoms. The normalized spacial score (nSPS) is 19.3. The van der Waals surface area contributed by atoms with Gasteiger partial charge in [-0.2, -0.15) is 0 Å². The highest BCUT2D eigenvalue weighted by Gasteiger charge is 2.47. The van der Waals surface area contributed by atoms with Crippen LogP contribution >= 0.6 is 23.2 Å². The molecule has 0 bridgehead atoms. The van der Waals surface area contributed by atoms with Crippen molar-refractivity contribution in [2.24, 2.45) is 5.92 Å². The number of halogens is 2. The first kappa shape index (κ1) is 24.3. The number of carbonyl (C=O) groups is 2. The molecule has 2 atom stereocenters. The number of aromatic nitrogens is 1. The van der Waals surface area contributed by atoms with Crippen molar-refractivity contribution in [1.29, 1.82) is 0 Å². The van der Waals surface area contributed by atoms with Gasteiger partial charge in [0.15, 0.2) is 0 Å². The smallest absolute Gasteiger partial charge is 0.266 e. The minimum atomic E-state index is -0.754. The standard InChI is InChI=1S/C23H27Cl2N3O4/c1-14(2)10-18(21(29)27-31)28-9-8-23(3,22(28)30)16-4-6-17(7-5-16)32-13-15-11-19(24)26-20(25)12-15/h4-7,11-12,14,18,31H,8-10,13H2,1-3H3,(H,27,29). The summed E-state index contributed by atoms with van der Waals surface area (Å²) in [5, 5.41) is 9.74. The Kier molecular flexibility index (Phi) is 7.64. The first-order valence-corrected chi connectivity index (χ1v) is 11.2. The molecule has 0 saturated carbocycles.